The molecule has 3 heterocycles. The highest BCUT2D eigenvalue weighted by Gasteiger charge is 2.44. The summed E-state index contributed by atoms with van der Waals surface area (Å²) in [5.41, 5.74) is 0.0904. The SMILES string of the molecule is CN1CC2(CCCN(C(=O)Cn3c(=O)ccc4ccccc43)CC2)OC1=O. The number of aromatic nitrogens is 1. The van der Waals surface area contributed by atoms with Gasteiger partial charge in [-0.15, -0.1) is 0 Å². The number of fused-ring (bicyclic) bond motifs is 1. The van der Waals surface area contributed by atoms with Gasteiger partial charge in [0.05, 0.1) is 12.1 Å². The van der Waals surface area contributed by atoms with Crippen LogP contribution in [-0.2, 0) is 16.1 Å². The van der Waals surface area contributed by atoms with E-state index in [1.54, 1.807) is 22.9 Å². The van der Waals surface area contributed by atoms with E-state index in [2.05, 4.69) is 0 Å². The van der Waals surface area contributed by atoms with E-state index in [1.807, 2.05) is 24.3 Å². The minimum absolute atomic E-state index is 0.0207. The van der Waals surface area contributed by atoms with Crippen molar-refractivity contribution in [3.63, 3.8) is 0 Å². The number of para-hydroxylation sites is 1. The minimum atomic E-state index is -0.489. The molecular formula is C20H23N3O4. The van der Waals surface area contributed by atoms with Crippen LogP contribution in [0.3, 0.4) is 0 Å². The van der Waals surface area contributed by atoms with E-state index < -0.39 is 5.60 Å². The smallest absolute Gasteiger partial charge is 0.410 e. The number of ether oxygens (including phenoxy) is 1. The lowest BCUT2D eigenvalue weighted by Crippen LogP contribution is -2.39. The molecule has 1 spiro atoms. The van der Waals surface area contributed by atoms with Gasteiger partial charge in [0.1, 0.15) is 12.1 Å². The van der Waals surface area contributed by atoms with Crippen LogP contribution < -0.4 is 5.56 Å². The largest absolute Gasteiger partial charge is 0.441 e. The predicted octanol–water partition coefficient (Wildman–Crippen LogP) is 1.83. The van der Waals surface area contributed by atoms with Crippen LogP contribution in [-0.4, -0.2) is 58.7 Å². The Morgan fingerprint density at radius 3 is 2.70 bits per heavy atom. The Hall–Kier alpha value is -2.83. The van der Waals surface area contributed by atoms with E-state index >= 15 is 0 Å². The van der Waals surface area contributed by atoms with Crippen LogP contribution in [0.2, 0.25) is 0 Å². The zero-order chi connectivity index (χ0) is 19.0. The highest BCUT2D eigenvalue weighted by Crippen LogP contribution is 2.32. The van der Waals surface area contributed by atoms with Gasteiger partial charge < -0.3 is 14.5 Å². The lowest BCUT2D eigenvalue weighted by Gasteiger charge is -2.25. The van der Waals surface area contributed by atoms with Crippen LogP contribution in [0, 0.1) is 0 Å². The van der Waals surface area contributed by atoms with E-state index in [9.17, 15) is 14.4 Å². The monoisotopic (exact) mass is 369 g/mol. The molecule has 2 amide bonds. The second-order valence-electron chi connectivity index (χ2n) is 7.46. The molecule has 2 fully saturated rings. The third-order valence-electron chi connectivity index (χ3n) is 5.58. The molecule has 0 bridgehead atoms. The molecule has 0 radical (unpaired) electrons. The molecule has 0 saturated carbocycles. The summed E-state index contributed by atoms with van der Waals surface area (Å²) < 4.78 is 7.13. The van der Waals surface area contributed by atoms with Gasteiger partial charge in [-0.3, -0.25) is 14.2 Å². The molecule has 7 heteroatoms. The molecule has 1 aromatic carbocycles. The Bertz CT molecular complexity index is 954. The van der Waals surface area contributed by atoms with Gasteiger partial charge in [-0.2, -0.15) is 0 Å². The van der Waals surface area contributed by atoms with Gasteiger partial charge >= 0.3 is 6.09 Å². The highest BCUT2D eigenvalue weighted by molar-refractivity contribution is 5.82. The Morgan fingerprint density at radius 2 is 1.93 bits per heavy atom. The van der Waals surface area contributed by atoms with E-state index in [-0.39, 0.29) is 24.1 Å². The molecule has 7 nitrogen and oxygen atoms in total. The quantitative estimate of drug-likeness (QED) is 0.810. The number of hydrogen-bond acceptors (Lipinski definition) is 4. The van der Waals surface area contributed by atoms with Crippen LogP contribution in [0.5, 0.6) is 0 Å². The maximum atomic E-state index is 12.9. The standard InChI is InChI=1S/C20H23N3O4/c1-21-14-20(27-19(21)26)9-4-11-22(12-10-20)18(25)13-23-16-6-3-2-5-15(16)7-8-17(23)24/h2-3,5-8H,4,9-14H2,1H3. The second-order valence-corrected chi connectivity index (χ2v) is 7.46. The first-order valence-electron chi connectivity index (χ1n) is 9.28. The first-order chi connectivity index (χ1) is 13.0. The summed E-state index contributed by atoms with van der Waals surface area (Å²) >= 11 is 0. The van der Waals surface area contributed by atoms with Gasteiger partial charge in [0.15, 0.2) is 0 Å². The second kappa shape index (κ2) is 6.72. The first kappa shape index (κ1) is 17.6. The number of pyridine rings is 1. The molecule has 27 heavy (non-hydrogen) atoms. The van der Waals surface area contributed by atoms with Crippen molar-refractivity contribution in [2.75, 3.05) is 26.7 Å². The zero-order valence-corrected chi connectivity index (χ0v) is 15.4. The van der Waals surface area contributed by atoms with E-state index in [0.717, 1.165) is 23.7 Å². The van der Waals surface area contributed by atoms with E-state index in [0.29, 0.717) is 26.1 Å². The lowest BCUT2D eigenvalue weighted by atomic mass is 9.95. The molecule has 4 rings (SSSR count). The van der Waals surface area contributed by atoms with Gasteiger partial charge in [-0.1, -0.05) is 18.2 Å². The van der Waals surface area contributed by atoms with Crippen LogP contribution >= 0.6 is 0 Å². The number of carbonyl (C=O) groups excluding carboxylic acids is 2. The first-order valence-corrected chi connectivity index (χ1v) is 9.28. The van der Waals surface area contributed by atoms with E-state index in [1.165, 1.54) is 10.6 Å². The van der Waals surface area contributed by atoms with Crippen molar-refractivity contribution in [3.05, 3.63) is 46.8 Å². The fourth-order valence-corrected chi connectivity index (χ4v) is 4.11. The van der Waals surface area contributed by atoms with Crippen molar-refractivity contribution in [3.8, 4) is 0 Å². The van der Waals surface area contributed by atoms with E-state index in [4.69, 9.17) is 4.74 Å². The summed E-state index contributed by atoms with van der Waals surface area (Å²) in [7, 11) is 1.73. The van der Waals surface area contributed by atoms with Crippen molar-refractivity contribution in [2.24, 2.45) is 0 Å². The summed E-state index contributed by atoms with van der Waals surface area (Å²) in [6, 6.07) is 10.8. The lowest BCUT2D eigenvalue weighted by molar-refractivity contribution is -0.131. The molecule has 142 valence electrons. The normalized spacial score (nSPS) is 22.9. The molecule has 0 N–H and O–H groups in total. The Kier molecular flexibility index (Phi) is 4.37. The highest BCUT2D eigenvalue weighted by atomic mass is 16.6. The zero-order valence-electron chi connectivity index (χ0n) is 15.4. The van der Waals surface area contributed by atoms with Crippen molar-refractivity contribution in [2.45, 2.75) is 31.4 Å². The van der Waals surface area contributed by atoms with Crippen LogP contribution in [0.15, 0.2) is 41.2 Å². The van der Waals surface area contributed by atoms with Crippen LogP contribution in [0.4, 0.5) is 4.79 Å². The molecule has 1 unspecified atom stereocenters. The van der Waals surface area contributed by atoms with Gasteiger partial charge in [-0.25, -0.2) is 4.79 Å². The number of hydrogen-bond donors (Lipinski definition) is 0. The molecular weight excluding hydrogens is 346 g/mol. The molecule has 2 aromatic rings. The Morgan fingerprint density at radius 1 is 1.11 bits per heavy atom. The summed E-state index contributed by atoms with van der Waals surface area (Å²) in [5.74, 6) is -0.0804. The topological polar surface area (TPSA) is 71.8 Å². The maximum absolute atomic E-state index is 12.9. The van der Waals surface area contributed by atoms with Crippen molar-refractivity contribution >= 4 is 22.9 Å². The number of amides is 2. The van der Waals surface area contributed by atoms with Gasteiger partial charge in [0.2, 0.25) is 5.91 Å². The minimum Gasteiger partial charge on any atom is -0.441 e. The van der Waals surface area contributed by atoms with Gasteiger partial charge in [-0.05, 0) is 30.4 Å². The van der Waals surface area contributed by atoms with Crippen molar-refractivity contribution in [1.82, 2.24) is 14.4 Å². The molecule has 2 aliphatic heterocycles. The third kappa shape index (κ3) is 3.29. The van der Waals surface area contributed by atoms with Crippen LogP contribution in [0.1, 0.15) is 19.3 Å². The molecule has 0 aliphatic carbocycles. The number of likely N-dealkylation sites (tertiary alicyclic amines) is 1. The Balaban J connectivity index is 1.51. The number of likely N-dealkylation sites (N-methyl/N-ethyl adjacent to an activating group) is 1. The van der Waals surface area contributed by atoms with Crippen LogP contribution in [0.25, 0.3) is 10.9 Å². The third-order valence-corrected chi connectivity index (χ3v) is 5.58. The molecule has 1 aromatic heterocycles. The fourth-order valence-electron chi connectivity index (χ4n) is 4.11. The fraction of sp³-hybridized carbons (Fsp3) is 0.450. The molecule has 1 atom stereocenters. The summed E-state index contributed by atoms with van der Waals surface area (Å²) in [6.45, 7) is 1.73. The molecule has 2 aliphatic rings. The van der Waals surface area contributed by atoms with Gasteiger partial charge in [0.25, 0.3) is 5.56 Å². The number of rotatable bonds is 2. The summed E-state index contributed by atoms with van der Waals surface area (Å²) in [6.07, 6.45) is 1.86. The summed E-state index contributed by atoms with van der Waals surface area (Å²) in [5, 5.41) is 0.931. The Labute approximate surface area is 157 Å². The number of benzene rings is 1. The average Bonchev–Trinajstić information content (AvgIpc) is 2.81. The molecule has 2 saturated heterocycles. The summed E-state index contributed by atoms with van der Waals surface area (Å²) in [4.78, 5) is 40.4. The number of carbonyl (C=O) groups is 2. The van der Waals surface area contributed by atoms with Gasteiger partial charge in [0, 0.05) is 32.6 Å². The van der Waals surface area contributed by atoms with Crippen molar-refractivity contribution in [1.29, 1.82) is 0 Å². The predicted molar refractivity (Wildman–Crippen MR) is 100 cm³/mol. The maximum Gasteiger partial charge on any atom is 0.410 e. The van der Waals surface area contributed by atoms with Crippen molar-refractivity contribution < 1.29 is 14.3 Å². The average molecular weight is 369 g/mol. The number of nitrogens with zero attached hydrogens (tertiary/aromatic N) is 3.